The number of aryl methyl sites for hydroxylation is 1. The topological polar surface area (TPSA) is 69.6 Å². The molecular weight excluding hydrogens is 344 g/mol. The molecule has 2 rings (SSSR count). The van der Waals surface area contributed by atoms with Crippen molar-refractivity contribution in [2.24, 2.45) is 0 Å². The summed E-state index contributed by atoms with van der Waals surface area (Å²) in [5.74, 6) is -0.271. The van der Waals surface area contributed by atoms with Crippen LogP contribution in [0.4, 0.5) is 0 Å². The van der Waals surface area contributed by atoms with Crippen molar-refractivity contribution in [1.29, 1.82) is 0 Å². The highest BCUT2D eigenvalue weighted by Crippen LogP contribution is 2.43. The molecule has 0 saturated carbocycles. The number of carbonyl (C=O) groups excluding carboxylic acids is 2. The molecule has 0 aromatic heterocycles. The molecule has 1 aromatic rings. The van der Waals surface area contributed by atoms with Crippen LogP contribution in [-0.2, 0) is 9.59 Å². The number of nitrogens with zero attached hydrogens (tertiary/aromatic N) is 1. The first-order valence-corrected chi connectivity index (χ1v) is 10.1. The highest BCUT2D eigenvalue weighted by molar-refractivity contribution is 8.78. The Kier molecular flexibility index (Phi) is 7.68. The molecule has 130 valence electrons. The highest BCUT2D eigenvalue weighted by atomic mass is 33.1. The number of amides is 2. The molecule has 1 aromatic carbocycles. The summed E-state index contributed by atoms with van der Waals surface area (Å²) in [5.41, 5.74) is 3.88. The Hall–Kier alpha value is -1.44. The summed E-state index contributed by atoms with van der Waals surface area (Å²) in [6, 6.07) is 8.12. The molecule has 1 aliphatic rings. The lowest BCUT2D eigenvalue weighted by Gasteiger charge is -2.11. The first kappa shape index (κ1) is 18.9. The third-order valence-electron chi connectivity index (χ3n) is 3.67. The quantitative estimate of drug-likeness (QED) is 0.182. The van der Waals surface area contributed by atoms with Crippen molar-refractivity contribution < 1.29 is 14.8 Å². The van der Waals surface area contributed by atoms with E-state index in [1.807, 2.05) is 37.3 Å². The summed E-state index contributed by atoms with van der Waals surface area (Å²) < 4.78 is 1.80. The maximum Gasteiger partial charge on any atom is 0.271 e. The minimum atomic E-state index is -0.345. The number of hydroxylamine groups is 1. The Labute approximate surface area is 150 Å². The van der Waals surface area contributed by atoms with Crippen LogP contribution in [0.5, 0.6) is 0 Å². The molecule has 2 amide bonds. The zero-order valence-corrected chi connectivity index (χ0v) is 15.3. The molecule has 0 unspecified atom stereocenters. The molecule has 0 aliphatic carbocycles. The molecule has 0 radical (unpaired) electrons. The molecule has 0 spiro atoms. The molecule has 1 saturated heterocycles. The van der Waals surface area contributed by atoms with Gasteiger partial charge in [-0.1, -0.05) is 42.7 Å². The zero-order chi connectivity index (χ0) is 17.4. The van der Waals surface area contributed by atoms with E-state index < -0.39 is 0 Å². The Morgan fingerprint density at radius 2 is 1.92 bits per heavy atom. The van der Waals surface area contributed by atoms with Crippen LogP contribution >= 0.6 is 21.8 Å². The van der Waals surface area contributed by atoms with Gasteiger partial charge in [0.25, 0.3) is 5.91 Å². The summed E-state index contributed by atoms with van der Waals surface area (Å²) in [6.45, 7) is 2.76. The SMILES string of the molecule is Cc1ccc(/C=C2\SSN(CCCCCCC(=O)NO)C2=O)cc1. The Morgan fingerprint density at radius 3 is 2.62 bits per heavy atom. The van der Waals surface area contributed by atoms with Crippen LogP contribution in [0, 0.1) is 6.92 Å². The lowest BCUT2D eigenvalue weighted by molar-refractivity contribution is -0.129. The fourth-order valence-corrected chi connectivity index (χ4v) is 4.53. The number of unbranched alkanes of at least 4 members (excludes halogenated alkanes) is 3. The molecule has 2 N–H and O–H groups in total. The van der Waals surface area contributed by atoms with Crippen molar-refractivity contribution in [3.8, 4) is 0 Å². The number of hydrogen-bond donors (Lipinski definition) is 2. The smallest absolute Gasteiger partial charge is 0.271 e. The molecule has 1 fully saturated rings. The molecular formula is C17H22N2O3S2. The van der Waals surface area contributed by atoms with E-state index in [0.29, 0.717) is 13.0 Å². The van der Waals surface area contributed by atoms with Gasteiger partial charge in [0, 0.05) is 23.9 Å². The molecule has 5 nitrogen and oxygen atoms in total. The average molecular weight is 367 g/mol. The Balaban J connectivity index is 1.72. The van der Waals surface area contributed by atoms with Crippen LogP contribution in [0.2, 0.25) is 0 Å². The van der Waals surface area contributed by atoms with Gasteiger partial charge in [0.05, 0.1) is 4.91 Å². The van der Waals surface area contributed by atoms with Gasteiger partial charge in [-0.05, 0) is 42.2 Å². The van der Waals surface area contributed by atoms with E-state index >= 15 is 0 Å². The molecule has 7 heteroatoms. The van der Waals surface area contributed by atoms with Crippen molar-refractivity contribution in [1.82, 2.24) is 9.79 Å². The maximum absolute atomic E-state index is 12.4. The molecule has 0 atom stereocenters. The summed E-state index contributed by atoms with van der Waals surface area (Å²) in [6.07, 6.45) is 5.82. The maximum atomic E-state index is 12.4. The summed E-state index contributed by atoms with van der Waals surface area (Å²) in [4.78, 5) is 24.0. The van der Waals surface area contributed by atoms with E-state index in [2.05, 4.69) is 0 Å². The van der Waals surface area contributed by atoms with E-state index in [0.717, 1.165) is 36.2 Å². The number of hydrogen-bond acceptors (Lipinski definition) is 5. The van der Waals surface area contributed by atoms with Gasteiger partial charge < -0.3 is 0 Å². The van der Waals surface area contributed by atoms with Crippen molar-refractivity contribution in [2.45, 2.75) is 39.0 Å². The lowest BCUT2D eigenvalue weighted by atomic mass is 10.1. The van der Waals surface area contributed by atoms with Crippen LogP contribution in [0.15, 0.2) is 29.2 Å². The summed E-state index contributed by atoms with van der Waals surface area (Å²) in [5, 5.41) is 8.40. The first-order valence-electron chi connectivity index (χ1n) is 7.98. The largest absolute Gasteiger partial charge is 0.289 e. The van der Waals surface area contributed by atoms with Gasteiger partial charge in [0.1, 0.15) is 0 Å². The number of carbonyl (C=O) groups is 2. The van der Waals surface area contributed by atoms with Crippen LogP contribution in [0.1, 0.15) is 43.2 Å². The predicted octanol–water partition coefficient (Wildman–Crippen LogP) is 3.93. The van der Waals surface area contributed by atoms with Crippen molar-refractivity contribution in [2.75, 3.05) is 6.54 Å². The molecule has 0 bridgehead atoms. The van der Waals surface area contributed by atoms with E-state index in [1.54, 1.807) is 9.79 Å². The first-order chi connectivity index (χ1) is 11.6. The van der Waals surface area contributed by atoms with Crippen LogP contribution in [0.25, 0.3) is 6.08 Å². The lowest BCUT2D eigenvalue weighted by Crippen LogP contribution is -2.20. The van der Waals surface area contributed by atoms with Gasteiger partial charge >= 0.3 is 0 Å². The molecule has 24 heavy (non-hydrogen) atoms. The van der Waals surface area contributed by atoms with E-state index in [-0.39, 0.29) is 11.8 Å². The van der Waals surface area contributed by atoms with Gasteiger partial charge in [-0.3, -0.25) is 19.1 Å². The minimum absolute atomic E-state index is 0.0743. The van der Waals surface area contributed by atoms with Crippen LogP contribution in [-0.4, -0.2) is 27.9 Å². The van der Waals surface area contributed by atoms with Gasteiger partial charge in [-0.2, -0.15) is 0 Å². The molecule has 1 heterocycles. The Bertz CT molecular complexity index is 602. The summed E-state index contributed by atoms with van der Waals surface area (Å²) in [7, 11) is 2.99. The number of benzene rings is 1. The van der Waals surface area contributed by atoms with Gasteiger partial charge in [0.15, 0.2) is 0 Å². The number of nitrogens with one attached hydrogen (secondary N) is 1. The standard InChI is InChI=1S/C17H22N2O3S2/c1-13-7-9-14(10-8-13)12-15-17(21)19(24-23-15)11-5-3-2-4-6-16(20)18-22/h7-10,12,22H,2-6,11H2,1H3,(H,18,20)/b15-12-. The van der Waals surface area contributed by atoms with E-state index in [4.69, 9.17) is 5.21 Å². The van der Waals surface area contributed by atoms with Gasteiger partial charge in [0.2, 0.25) is 5.91 Å². The molecule has 1 aliphatic heterocycles. The average Bonchev–Trinajstić information content (AvgIpc) is 2.93. The highest BCUT2D eigenvalue weighted by Gasteiger charge is 2.27. The number of rotatable bonds is 8. The van der Waals surface area contributed by atoms with Crippen LogP contribution < -0.4 is 5.48 Å². The van der Waals surface area contributed by atoms with Crippen molar-refractivity contribution in [3.05, 3.63) is 40.3 Å². The van der Waals surface area contributed by atoms with Gasteiger partial charge in [-0.25, -0.2) is 5.48 Å². The van der Waals surface area contributed by atoms with Crippen LogP contribution in [0.3, 0.4) is 0 Å². The van der Waals surface area contributed by atoms with E-state index in [1.165, 1.54) is 27.3 Å². The third-order valence-corrected chi connectivity index (χ3v) is 6.05. The minimum Gasteiger partial charge on any atom is -0.289 e. The monoisotopic (exact) mass is 366 g/mol. The second-order valence-electron chi connectivity index (χ2n) is 5.68. The second kappa shape index (κ2) is 9.76. The predicted molar refractivity (Wildman–Crippen MR) is 99.1 cm³/mol. The summed E-state index contributed by atoms with van der Waals surface area (Å²) >= 11 is 0. The zero-order valence-electron chi connectivity index (χ0n) is 13.7. The third kappa shape index (κ3) is 5.89. The fraction of sp³-hybridized carbons (Fsp3) is 0.412. The Morgan fingerprint density at radius 1 is 1.21 bits per heavy atom. The van der Waals surface area contributed by atoms with Crippen molar-refractivity contribution in [3.63, 3.8) is 0 Å². The van der Waals surface area contributed by atoms with E-state index in [9.17, 15) is 9.59 Å². The van der Waals surface area contributed by atoms with Crippen molar-refractivity contribution >= 4 is 39.7 Å². The second-order valence-corrected chi connectivity index (χ2v) is 7.83. The normalized spacial score (nSPS) is 16.0. The fourth-order valence-electron chi connectivity index (χ4n) is 2.27. The van der Waals surface area contributed by atoms with Gasteiger partial charge in [-0.15, -0.1) is 0 Å².